The number of aliphatic carboxylic acids is 2. The maximum absolute atomic E-state index is 10.9. The van der Waals surface area contributed by atoms with Crippen LogP contribution in [0.3, 0.4) is 0 Å². The Morgan fingerprint density at radius 3 is 2.53 bits per heavy atom. The summed E-state index contributed by atoms with van der Waals surface area (Å²) < 4.78 is 0. The number of nitrogens with one attached hydrogen (secondary N) is 1. The summed E-state index contributed by atoms with van der Waals surface area (Å²) in [4.78, 5) is 31.6. The van der Waals surface area contributed by atoms with E-state index in [0.29, 0.717) is 0 Å². The molecule has 0 saturated heterocycles. The van der Waals surface area contributed by atoms with Gasteiger partial charge in [0.15, 0.2) is 0 Å². The van der Waals surface area contributed by atoms with E-state index in [4.69, 9.17) is 10.2 Å². The number of anilines is 1. The topological polar surface area (TPSA) is 130 Å². The lowest BCUT2D eigenvalue weighted by atomic mass is 10.1. The number of benzene rings is 1. The predicted octanol–water partition coefficient (Wildman–Crippen LogP) is 1.24. The number of hydrogen-bond donors (Lipinski definition) is 3. The molecular formula is C11H12N2O6. The van der Waals surface area contributed by atoms with Crippen molar-refractivity contribution in [2.45, 2.75) is 19.4 Å². The van der Waals surface area contributed by atoms with E-state index >= 15 is 0 Å². The molecule has 1 aromatic rings. The molecule has 0 fully saturated rings. The minimum atomic E-state index is -1.35. The van der Waals surface area contributed by atoms with E-state index in [9.17, 15) is 19.7 Å². The van der Waals surface area contributed by atoms with E-state index in [1.54, 1.807) is 0 Å². The number of hydrogen-bond acceptors (Lipinski definition) is 5. The van der Waals surface area contributed by atoms with Crippen LogP contribution < -0.4 is 5.32 Å². The summed E-state index contributed by atoms with van der Waals surface area (Å²) in [7, 11) is 0. The van der Waals surface area contributed by atoms with Crippen LogP contribution in [0.4, 0.5) is 11.4 Å². The largest absolute Gasteiger partial charge is 0.481 e. The molecule has 8 heteroatoms. The number of nitro groups is 1. The molecule has 0 saturated carbocycles. The third-order valence-corrected chi connectivity index (χ3v) is 2.51. The first-order valence-electron chi connectivity index (χ1n) is 5.28. The van der Waals surface area contributed by atoms with Gasteiger partial charge in [0.2, 0.25) is 0 Å². The van der Waals surface area contributed by atoms with Crippen LogP contribution in [0.1, 0.15) is 12.0 Å². The van der Waals surface area contributed by atoms with Crippen molar-refractivity contribution in [3.63, 3.8) is 0 Å². The van der Waals surface area contributed by atoms with Crippen molar-refractivity contribution in [2.75, 3.05) is 5.32 Å². The Kier molecular flexibility index (Phi) is 4.41. The molecule has 0 radical (unpaired) electrons. The van der Waals surface area contributed by atoms with Gasteiger partial charge in [-0.1, -0.05) is 6.07 Å². The second kappa shape index (κ2) is 5.80. The second-order valence-electron chi connectivity index (χ2n) is 3.84. The zero-order valence-corrected chi connectivity index (χ0v) is 9.99. The highest BCUT2D eigenvalue weighted by molar-refractivity contribution is 5.84. The Labute approximate surface area is 107 Å². The average molecular weight is 268 g/mol. The smallest absolute Gasteiger partial charge is 0.326 e. The quantitative estimate of drug-likeness (QED) is 0.522. The number of carboxylic acids is 2. The van der Waals surface area contributed by atoms with Gasteiger partial charge in [-0.25, -0.2) is 4.79 Å². The number of carboxylic acid groups (broad SMARTS) is 2. The van der Waals surface area contributed by atoms with Crippen LogP contribution in [0.25, 0.3) is 0 Å². The van der Waals surface area contributed by atoms with Crippen LogP contribution >= 0.6 is 0 Å². The lowest BCUT2D eigenvalue weighted by Crippen LogP contribution is -2.32. The van der Waals surface area contributed by atoms with Gasteiger partial charge in [0.05, 0.1) is 11.3 Å². The minimum Gasteiger partial charge on any atom is -0.481 e. The number of nitrogens with zero attached hydrogens (tertiary/aromatic N) is 1. The zero-order chi connectivity index (χ0) is 14.6. The van der Waals surface area contributed by atoms with E-state index in [1.807, 2.05) is 0 Å². The van der Waals surface area contributed by atoms with Gasteiger partial charge in [-0.05, 0) is 13.0 Å². The number of nitro benzene ring substituents is 1. The molecule has 0 heterocycles. The van der Waals surface area contributed by atoms with Crippen molar-refractivity contribution in [1.29, 1.82) is 0 Å². The van der Waals surface area contributed by atoms with E-state index in [1.165, 1.54) is 25.1 Å². The molecule has 3 N–H and O–H groups in total. The van der Waals surface area contributed by atoms with Gasteiger partial charge < -0.3 is 15.5 Å². The highest BCUT2D eigenvalue weighted by atomic mass is 16.6. The summed E-state index contributed by atoms with van der Waals surface area (Å²) in [6.45, 7) is 1.46. The Balaban J connectivity index is 3.03. The van der Waals surface area contributed by atoms with E-state index in [2.05, 4.69) is 5.32 Å². The predicted molar refractivity (Wildman–Crippen MR) is 65.1 cm³/mol. The first kappa shape index (κ1) is 14.4. The standard InChI is InChI=1S/C11H12N2O6/c1-6-7(3-2-4-9(6)13(18)19)12-8(11(16)17)5-10(14)15/h2-4,8,12H,5H2,1H3,(H,14,15)(H,16,17). The SMILES string of the molecule is Cc1c(NC(CC(=O)O)C(=O)O)cccc1[N+](=O)[O-]. The molecule has 102 valence electrons. The molecule has 1 rings (SSSR count). The molecule has 0 spiro atoms. The molecule has 0 aliphatic heterocycles. The van der Waals surface area contributed by atoms with Crippen LogP contribution in [-0.4, -0.2) is 33.1 Å². The molecule has 0 aromatic heterocycles. The first-order chi connectivity index (χ1) is 8.82. The summed E-state index contributed by atoms with van der Waals surface area (Å²) in [5, 5.41) is 30.7. The molecule has 0 bridgehead atoms. The summed E-state index contributed by atoms with van der Waals surface area (Å²) in [5.41, 5.74) is 0.316. The van der Waals surface area contributed by atoms with Crippen molar-refractivity contribution in [1.82, 2.24) is 0 Å². The highest BCUT2D eigenvalue weighted by Gasteiger charge is 2.23. The van der Waals surface area contributed by atoms with Gasteiger partial charge in [0, 0.05) is 17.3 Å². The Morgan fingerprint density at radius 1 is 1.42 bits per heavy atom. The molecule has 1 unspecified atom stereocenters. The fourth-order valence-corrected chi connectivity index (χ4v) is 1.54. The summed E-state index contributed by atoms with van der Waals surface area (Å²) >= 11 is 0. The van der Waals surface area contributed by atoms with E-state index < -0.39 is 29.3 Å². The molecule has 8 nitrogen and oxygen atoms in total. The molecule has 0 amide bonds. The Hall–Kier alpha value is -2.64. The van der Waals surface area contributed by atoms with Crippen LogP contribution in [0, 0.1) is 17.0 Å². The zero-order valence-electron chi connectivity index (χ0n) is 9.99. The lowest BCUT2D eigenvalue weighted by molar-refractivity contribution is -0.385. The Morgan fingerprint density at radius 2 is 2.05 bits per heavy atom. The van der Waals surface area contributed by atoms with Crippen molar-refractivity contribution in [3.05, 3.63) is 33.9 Å². The van der Waals surface area contributed by atoms with Crippen LogP contribution in [0.5, 0.6) is 0 Å². The third kappa shape index (κ3) is 3.66. The van der Waals surface area contributed by atoms with Crippen LogP contribution in [0.2, 0.25) is 0 Å². The van der Waals surface area contributed by atoms with Crippen LogP contribution in [0.15, 0.2) is 18.2 Å². The fraction of sp³-hybridized carbons (Fsp3) is 0.273. The highest BCUT2D eigenvalue weighted by Crippen LogP contribution is 2.25. The Bertz CT molecular complexity index is 528. The van der Waals surface area contributed by atoms with Gasteiger partial charge in [-0.3, -0.25) is 14.9 Å². The maximum atomic E-state index is 10.9. The monoisotopic (exact) mass is 268 g/mol. The van der Waals surface area contributed by atoms with Gasteiger partial charge in [-0.15, -0.1) is 0 Å². The molecule has 1 atom stereocenters. The molecule has 19 heavy (non-hydrogen) atoms. The van der Waals surface area contributed by atoms with E-state index in [0.717, 1.165) is 0 Å². The normalized spacial score (nSPS) is 11.6. The number of rotatable bonds is 6. The molecular weight excluding hydrogens is 256 g/mol. The second-order valence-corrected chi connectivity index (χ2v) is 3.84. The van der Waals surface area contributed by atoms with Gasteiger partial charge in [0.1, 0.15) is 6.04 Å². The summed E-state index contributed by atoms with van der Waals surface area (Å²) in [5.74, 6) is -2.61. The lowest BCUT2D eigenvalue weighted by Gasteiger charge is -2.15. The average Bonchev–Trinajstić information content (AvgIpc) is 2.29. The molecule has 0 aliphatic carbocycles. The number of carbonyl (C=O) groups is 2. The van der Waals surface area contributed by atoms with Gasteiger partial charge in [0.25, 0.3) is 5.69 Å². The van der Waals surface area contributed by atoms with E-state index in [-0.39, 0.29) is 16.9 Å². The fourth-order valence-electron chi connectivity index (χ4n) is 1.54. The summed E-state index contributed by atoms with van der Waals surface area (Å²) in [6, 6.07) is 2.79. The minimum absolute atomic E-state index is 0.163. The summed E-state index contributed by atoms with van der Waals surface area (Å²) in [6.07, 6.45) is -0.628. The van der Waals surface area contributed by atoms with Crippen LogP contribution in [-0.2, 0) is 9.59 Å². The maximum Gasteiger partial charge on any atom is 0.326 e. The molecule has 1 aromatic carbocycles. The van der Waals surface area contributed by atoms with Crippen molar-refractivity contribution in [3.8, 4) is 0 Å². The van der Waals surface area contributed by atoms with Crippen molar-refractivity contribution in [2.24, 2.45) is 0 Å². The van der Waals surface area contributed by atoms with Gasteiger partial charge >= 0.3 is 11.9 Å². The van der Waals surface area contributed by atoms with Crippen molar-refractivity contribution >= 4 is 23.3 Å². The third-order valence-electron chi connectivity index (χ3n) is 2.51. The van der Waals surface area contributed by atoms with Gasteiger partial charge in [-0.2, -0.15) is 0 Å². The first-order valence-corrected chi connectivity index (χ1v) is 5.28. The van der Waals surface area contributed by atoms with Crippen molar-refractivity contribution < 1.29 is 24.7 Å². The molecule has 0 aliphatic rings.